The van der Waals surface area contributed by atoms with E-state index in [0.29, 0.717) is 19.0 Å². The maximum atomic E-state index is 5.84. The van der Waals surface area contributed by atoms with E-state index in [-0.39, 0.29) is 5.96 Å². The summed E-state index contributed by atoms with van der Waals surface area (Å²) in [4.78, 5) is 13.0. The number of fused-ring (bicyclic) bond motifs is 1. The van der Waals surface area contributed by atoms with Gasteiger partial charge in [0.05, 0.1) is 18.3 Å². The zero-order valence-corrected chi connectivity index (χ0v) is 13.3. The lowest BCUT2D eigenvalue weighted by molar-refractivity contribution is 0.415. The van der Waals surface area contributed by atoms with Crippen molar-refractivity contribution < 1.29 is 4.74 Å². The van der Waals surface area contributed by atoms with Crippen molar-refractivity contribution in [2.45, 2.75) is 13.3 Å². The molecule has 0 amide bonds. The smallest absolute Gasteiger partial charge is 0.230 e. The summed E-state index contributed by atoms with van der Waals surface area (Å²) in [6, 6.07) is 8.02. The fourth-order valence-electron chi connectivity index (χ4n) is 2.04. The molecule has 0 unspecified atom stereocenters. The summed E-state index contributed by atoms with van der Waals surface area (Å²) in [7, 11) is 1.62. The lowest BCUT2D eigenvalue weighted by Crippen LogP contribution is -2.24. The molecule has 0 saturated heterocycles. The number of benzene rings is 1. The van der Waals surface area contributed by atoms with E-state index < -0.39 is 0 Å². The van der Waals surface area contributed by atoms with Crippen molar-refractivity contribution in [3.63, 3.8) is 0 Å². The number of methoxy groups -OCH3 is 1. The molecule has 120 valence electrons. The number of aliphatic imine (C=N–C) groups is 1. The second-order valence-corrected chi connectivity index (χ2v) is 4.83. The van der Waals surface area contributed by atoms with Crippen molar-refractivity contribution >= 4 is 22.8 Å². The molecule has 0 atom stereocenters. The predicted octanol–water partition coefficient (Wildman–Crippen LogP) is 1.24. The van der Waals surface area contributed by atoms with Crippen LogP contribution in [-0.4, -0.2) is 36.1 Å². The first-order valence-electron chi connectivity index (χ1n) is 7.22. The van der Waals surface area contributed by atoms with Gasteiger partial charge in [0.15, 0.2) is 5.96 Å². The van der Waals surface area contributed by atoms with Gasteiger partial charge in [0, 0.05) is 30.6 Å². The van der Waals surface area contributed by atoms with E-state index in [0.717, 1.165) is 28.8 Å². The highest BCUT2D eigenvalue weighted by Gasteiger charge is 2.06. The fourth-order valence-corrected chi connectivity index (χ4v) is 2.04. The summed E-state index contributed by atoms with van der Waals surface area (Å²) in [6.07, 6.45) is 5.89. The molecule has 7 nitrogen and oxygen atoms in total. The van der Waals surface area contributed by atoms with Crippen molar-refractivity contribution in [1.29, 1.82) is 0 Å². The molecule has 4 N–H and O–H groups in total. The number of guanidine groups is 1. The fraction of sp³-hybridized carbons (Fsp3) is 0.312. The zero-order chi connectivity index (χ0) is 16.7. The van der Waals surface area contributed by atoms with Gasteiger partial charge in [0.25, 0.3) is 0 Å². The van der Waals surface area contributed by atoms with Crippen molar-refractivity contribution in [2.75, 3.05) is 25.5 Å². The molecule has 1 aromatic heterocycles. The molecular formula is C16H20N6O. The van der Waals surface area contributed by atoms with Gasteiger partial charge in [-0.2, -0.15) is 0 Å². The van der Waals surface area contributed by atoms with Crippen LogP contribution in [0.1, 0.15) is 12.1 Å². The third-order valence-electron chi connectivity index (χ3n) is 3.18. The molecule has 0 bridgehead atoms. The molecule has 0 fully saturated rings. The van der Waals surface area contributed by atoms with Crippen LogP contribution in [0.15, 0.2) is 23.2 Å². The highest BCUT2D eigenvalue weighted by molar-refractivity contribution is 5.92. The van der Waals surface area contributed by atoms with Crippen LogP contribution in [0.2, 0.25) is 0 Å². The Bertz CT molecular complexity index is 750. The zero-order valence-electron chi connectivity index (χ0n) is 13.3. The number of aryl methyl sites for hydroxylation is 1. The molecular weight excluding hydrogens is 292 g/mol. The number of anilines is 1. The summed E-state index contributed by atoms with van der Waals surface area (Å²) >= 11 is 0. The minimum atomic E-state index is 0.271. The van der Waals surface area contributed by atoms with E-state index in [2.05, 4.69) is 31.6 Å². The maximum Gasteiger partial charge on any atom is 0.230 e. The number of nitrogens with two attached hydrogens (primary N) is 1. The molecule has 0 aliphatic heterocycles. The van der Waals surface area contributed by atoms with Gasteiger partial charge in [-0.25, -0.2) is 9.97 Å². The van der Waals surface area contributed by atoms with E-state index in [4.69, 9.17) is 16.9 Å². The van der Waals surface area contributed by atoms with Crippen LogP contribution in [0.5, 0.6) is 5.75 Å². The predicted molar refractivity (Wildman–Crippen MR) is 92.4 cm³/mol. The summed E-state index contributed by atoms with van der Waals surface area (Å²) in [5, 5.41) is 6.64. The summed E-state index contributed by atoms with van der Waals surface area (Å²) in [6.45, 7) is 3.17. The molecule has 0 aliphatic carbocycles. The molecule has 2 aromatic rings. The molecule has 7 heteroatoms. The van der Waals surface area contributed by atoms with Crippen LogP contribution in [-0.2, 0) is 0 Å². The van der Waals surface area contributed by atoms with Gasteiger partial charge in [-0.05, 0) is 25.5 Å². The monoisotopic (exact) mass is 312 g/mol. The van der Waals surface area contributed by atoms with Crippen molar-refractivity contribution in [3.8, 4) is 18.2 Å². The number of hydrogen-bond acceptors (Lipinski definition) is 5. The van der Waals surface area contributed by atoms with Crippen LogP contribution in [0.25, 0.3) is 10.9 Å². The van der Waals surface area contributed by atoms with Gasteiger partial charge in [0.1, 0.15) is 5.75 Å². The second kappa shape index (κ2) is 7.84. The number of nitrogens with zero attached hydrogens (tertiary/aromatic N) is 3. The summed E-state index contributed by atoms with van der Waals surface area (Å²) < 4.78 is 5.22. The Labute approximate surface area is 135 Å². The number of nitrogens with one attached hydrogen (secondary N) is 2. The van der Waals surface area contributed by atoms with Crippen LogP contribution in [0.4, 0.5) is 5.95 Å². The number of rotatable bonds is 6. The van der Waals surface area contributed by atoms with Gasteiger partial charge < -0.3 is 15.8 Å². The molecule has 1 heterocycles. The Morgan fingerprint density at radius 3 is 3.00 bits per heavy atom. The van der Waals surface area contributed by atoms with Crippen molar-refractivity contribution in [3.05, 3.63) is 23.9 Å². The highest BCUT2D eigenvalue weighted by atomic mass is 16.5. The van der Waals surface area contributed by atoms with Gasteiger partial charge in [-0.3, -0.25) is 10.3 Å². The number of terminal acetylenes is 1. The van der Waals surface area contributed by atoms with Gasteiger partial charge in [-0.1, -0.05) is 6.42 Å². The Balaban J connectivity index is 2.10. The highest BCUT2D eigenvalue weighted by Crippen LogP contribution is 2.22. The number of hydrogen-bond donors (Lipinski definition) is 3. The minimum absolute atomic E-state index is 0.271. The topological polar surface area (TPSA) is 97.5 Å². The lowest BCUT2D eigenvalue weighted by Gasteiger charge is -2.08. The molecule has 0 spiro atoms. The van der Waals surface area contributed by atoms with E-state index >= 15 is 0 Å². The van der Waals surface area contributed by atoms with Crippen LogP contribution < -0.4 is 21.1 Å². The van der Waals surface area contributed by atoms with E-state index in [1.54, 1.807) is 7.11 Å². The molecule has 2 rings (SSSR count). The minimum Gasteiger partial charge on any atom is -0.497 e. The Kier molecular flexibility index (Phi) is 5.58. The molecule has 23 heavy (non-hydrogen) atoms. The summed E-state index contributed by atoms with van der Waals surface area (Å²) in [5.41, 5.74) is 7.48. The number of ether oxygens (including phenoxy) is 1. The Morgan fingerprint density at radius 1 is 1.43 bits per heavy atom. The third-order valence-corrected chi connectivity index (χ3v) is 3.18. The van der Waals surface area contributed by atoms with Gasteiger partial charge >= 0.3 is 0 Å². The lowest BCUT2D eigenvalue weighted by atomic mass is 10.2. The van der Waals surface area contributed by atoms with Crippen LogP contribution in [0.3, 0.4) is 0 Å². The standard InChI is InChI=1S/C16H20N6O/c1-4-18-8-5-9-19-15(17)22-16-20-11(2)13-7-6-12(23-3)10-14(13)21-16/h1,6-7,10,18H,5,8-9H2,2-3H3,(H3,17,19,20,21,22). The molecule has 0 aliphatic rings. The van der Waals surface area contributed by atoms with Crippen molar-refractivity contribution in [2.24, 2.45) is 10.7 Å². The van der Waals surface area contributed by atoms with Crippen molar-refractivity contribution in [1.82, 2.24) is 15.3 Å². The summed E-state index contributed by atoms with van der Waals surface area (Å²) in [5.74, 6) is 1.42. The van der Waals surface area contributed by atoms with E-state index in [9.17, 15) is 0 Å². The Morgan fingerprint density at radius 2 is 2.26 bits per heavy atom. The molecule has 0 saturated carbocycles. The quantitative estimate of drug-likeness (QED) is 0.244. The second-order valence-electron chi connectivity index (χ2n) is 4.83. The van der Waals surface area contributed by atoms with Crippen LogP contribution in [0, 0.1) is 19.4 Å². The third kappa shape index (κ3) is 4.48. The first kappa shape index (κ1) is 16.4. The average molecular weight is 312 g/mol. The number of aromatic nitrogens is 2. The molecule has 1 aromatic carbocycles. The van der Waals surface area contributed by atoms with Gasteiger partial charge in [0.2, 0.25) is 5.95 Å². The average Bonchev–Trinajstić information content (AvgIpc) is 2.54. The first-order chi connectivity index (χ1) is 11.1. The first-order valence-corrected chi connectivity index (χ1v) is 7.22. The maximum absolute atomic E-state index is 5.84. The Hall–Kier alpha value is -3.01. The van der Waals surface area contributed by atoms with E-state index in [1.807, 2.05) is 25.1 Å². The van der Waals surface area contributed by atoms with E-state index in [1.165, 1.54) is 0 Å². The molecule has 0 radical (unpaired) electrons. The van der Waals surface area contributed by atoms with Gasteiger partial charge in [-0.15, -0.1) is 0 Å². The normalized spacial score (nSPS) is 11.1. The largest absolute Gasteiger partial charge is 0.497 e. The SMILES string of the molecule is C#CNCCCN=C(N)Nc1nc(C)c2ccc(OC)cc2n1. The van der Waals surface area contributed by atoms with Crippen LogP contribution >= 0.6 is 0 Å².